The second-order valence-electron chi connectivity index (χ2n) is 7.31. The Labute approximate surface area is 188 Å². The van der Waals surface area contributed by atoms with E-state index in [1.165, 1.54) is 0 Å². The number of furan rings is 1. The van der Waals surface area contributed by atoms with E-state index in [0.29, 0.717) is 42.0 Å². The molecule has 3 heterocycles. The molecule has 0 saturated carbocycles. The molecule has 3 aromatic heterocycles. The lowest BCUT2D eigenvalue weighted by molar-refractivity contribution is -0.116. The van der Waals surface area contributed by atoms with Crippen molar-refractivity contribution in [2.75, 3.05) is 11.9 Å². The van der Waals surface area contributed by atoms with Crippen LogP contribution in [0.5, 0.6) is 5.75 Å². The molecule has 5 aromatic rings. The first-order valence-corrected chi connectivity index (χ1v) is 10.6. The summed E-state index contributed by atoms with van der Waals surface area (Å²) in [7, 11) is 0. The molecule has 0 atom stereocenters. The zero-order chi connectivity index (χ0) is 22.6. The highest BCUT2D eigenvalue weighted by atomic mass is 16.5. The average Bonchev–Trinajstić information content (AvgIpc) is 3.58. The second-order valence-corrected chi connectivity index (χ2v) is 7.31. The molecule has 33 heavy (non-hydrogen) atoms. The number of benzene rings is 2. The summed E-state index contributed by atoms with van der Waals surface area (Å²) < 4.78 is 16.1. The standard InChI is InChI=1S/C24H21N5O4/c1-2-31-17-8-5-15(6-9-17)23-28-22(33-29-23)12-11-21(30)25-16-7-10-18-19(14-16)27-24(26-18)20-4-3-13-32-20/h3-10,13-14H,2,11-12H2,1H3,(H,25,30)(H,26,27). The average molecular weight is 443 g/mol. The number of aromatic amines is 1. The van der Waals surface area contributed by atoms with E-state index >= 15 is 0 Å². The molecule has 0 aliphatic rings. The van der Waals surface area contributed by atoms with Gasteiger partial charge in [-0.15, -0.1) is 0 Å². The van der Waals surface area contributed by atoms with Crippen LogP contribution in [0.4, 0.5) is 5.69 Å². The van der Waals surface area contributed by atoms with Crippen molar-refractivity contribution in [1.29, 1.82) is 0 Å². The van der Waals surface area contributed by atoms with Gasteiger partial charge in [-0.2, -0.15) is 4.98 Å². The minimum absolute atomic E-state index is 0.152. The number of rotatable bonds is 8. The van der Waals surface area contributed by atoms with Crippen LogP contribution in [0.15, 0.2) is 69.8 Å². The highest BCUT2D eigenvalue weighted by Gasteiger charge is 2.12. The number of hydrogen-bond acceptors (Lipinski definition) is 7. The Balaban J connectivity index is 1.19. The van der Waals surface area contributed by atoms with Crippen molar-refractivity contribution >= 4 is 22.6 Å². The summed E-state index contributed by atoms with van der Waals surface area (Å²) >= 11 is 0. The maximum Gasteiger partial charge on any atom is 0.227 e. The number of carbonyl (C=O) groups excluding carboxylic acids is 1. The lowest BCUT2D eigenvalue weighted by Crippen LogP contribution is -2.12. The normalized spacial score (nSPS) is 11.1. The van der Waals surface area contributed by atoms with Crippen molar-refractivity contribution in [1.82, 2.24) is 20.1 Å². The third-order valence-corrected chi connectivity index (χ3v) is 4.98. The molecule has 0 aliphatic heterocycles. The fourth-order valence-corrected chi connectivity index (χ4v) is 3.40. The van der Waals surface area contributed by atoms with Gasteiger partial charge >= 0.3 is 0 Å². The zero-order valence-corrected chi connectivity index (χ0v) is 17.9. The van der Waals surface area contributed by atoms with Gasteiger partial charge in [0.15, 0.2) is 11.6 Å². The molecule has 1 amide bonds. The van der Waals surface area contributed by atoms with E-state index in [2.05, 4.69) is 25.4 Å². The van der Waals surface area contributed by atoms with Gasteiger partial charge in [-0.1, -0.05) is 5.16 Å². The summed E-state index contributed by atoms with van der Waals surface area (Å²) in [6.07, 6.45) is 2.15. The van der Waals surface area contributed by atoms with E-state index in [1.54, 1.807) is 12.3 Å². The molecule has 9 heteroatoms. The van der Waals surface area contributed by atoms with E-state index in [9.17, 15) is 4.79 Å². The van der Waals surface area contributed by atoms with Crippen LogP contribution in [-0.2, 0) is 11.2 Å². The largest absolute Gasteiger partial charge is 0.494 e. The van der Waals surface area contributed by atoms with Crippen molar-refractivity contribution in [3.05, 3.63) is 66.8 Å². The van der Waals surface area contributed by atoms with Crippen molar-refractivity contribution in [3.8, 4) is 28.7 Å². The molecular formula is C24H21N5O4. The van der Waals surface area contributed by atoms with Crippen LogP contribution in [0, 0.1) is 0 Å². The van der Waals surface area contributed by atoms with Gasteiger partial charge in [-0.3, -0.25) is 4.79 Å². The smallest absolute Gasteiger partial charge is 0.227 e. The number of amides is 1. The predicted octanol–water partition coefficient (Wildman–Crippen LogP) is 4.84. The summed E-state index contributed by atoms with van der Waals surface area (Å²) in [4.78, 5) is 24.5. The van der Waals surface area contributed by atoms with Gasteiger partial charge in [0, 0.05) is 24.1 Å². The maximum atomic E-state index is 12.4. The summed E-state index contributed by atoms with van der Waals surface area (Å²) in [5, 5.41) is 6.90. The molecule has 0 unspecified atom stereocenters. The molecule has 0 spiro atoms. The van der Waals surface area contributed by atoms with Crippen molar-refractivity contribution < 1.29 is 18.5 Å². The molecule has 0 radical (unpaired) electrons. The molecular weight excluding hydrogens is 422 g/mol. The predicted molar refractivity (Wildman–Crippen MR) is 122 cm³/mol. The zero-order valence-electron chi connectivity index (χ0n) is 17.9. The van der Waals surface area contributed by atoms with Crippen LogP contribution in [0.1, 0.15) is 19.2 Å². The number of anilines is 1. The quantitative estimate of drug-likeness (QED) is 0.352. The van der Waals surface area contributed by atoms with Crippen LogP contribution in [0.25, 0.3) is 34.0 Å². The molecule has 0 aliphatic carbocycles. The van der Waals surface area contributed by atoms with E-state index in [-0.39, 0.29) is 12.3 Å². The summed E-state index contributed by atoms with van der Waals surface area (Å²) in [5.41, 5.74) is 3.07. The lowest BCUT2D eigenvalue weighted by atomic mass is 10.2. The van der Waals surface area contributed by atoms with Crippen LogP contribution in [0.3, 0.4) is 0 Å². The first-order chi connectivity index (χ1) is 16.2. The molecule has 0 fully saturated rings. The van der Waals surface area contributed by atoms with Crippen LogP contribution < -0.4 is 10.1 Å². The number of fused-ring (bicyclic) bond motifs is 1. The minimum atomic E-state index is -0.152. The van der Waals surface area contributed by atoms with E-state index in [0.717, 1.165) is 22.3 Å². The Morgan fingerprint density at radius 2 is 2.00 bits per heavy atom. The Morgan fingerprint density at radius 3 is 2.79 bits per heavy atom. The van der Waals surface area contributed by atoms with Gasteiger partial charge in [0.1, 0.15) is 5.75 Å². The summed E-state index contributed by atoms with van der Waals surface area (Å²) in [6.45, 7) is 2.54. The van der Waals surface area contributed by atoms with E-state index in [4.69, 9.17) is 13.7 Å². The molecule has 0 bridgehead atoms. The Morgan fingerprint density at radius 1 is 1.12 bits per heavy atom. The highest BCUT2D eigenvalue weighted by molar-refractivity contribution is 5.93. The van der Waals surface area contributed by atoms with Crippen molar-refractivity contribution in [2.24, 2.45) is 0 Å². The van der Waals surface area contributed by atoms with Crippen LogP contribution >= 0.6 is 0 Å². The van der Waals surface area contributed by atoms with Crippen molar-refractivity contribution in [2.45, 2.75) is 19.8 Å². The number of ether oxygens (including phenoxy) is 1. The number of aryl methyl sites for hydroxylation is 1. The monoisotopic (exact) mass is 443 g/mol. The number of nitrogens with zero attached hydrogens (tertiary/aromatic N) is 3. The number of hydrogen-bond donors (Lipinski definition) is 2. The SMILES string of the molecule is CCOc1ccc(-c2noc(CCC(=O)Nc3ccc4nc(-c5ccco5)[nH]c4c3)n2)cc1. The Hall–Kier alpha value is -4.40. The van der Waals surface area contributed by atoms with E-state index < -0.39 is 0 Å². The molecule has 5 rings (SSSR count). The Bertz CT molecular complexity index is 1370. The Kier molecular flexibility index (Phi) is 5.59. The molecule has 2 aromatic carbocycles. The van der Waals surface area contributed by atoms with Crippen LogP contribution in [-0.4, -0.2) is 32.6 Å². The summed E-state index contributed by atoms with van der Waals surface area (Å²) in [6, 6.07) is 16.6. The van der Waals surface area contributed by atoms with Gasteiger partial charge in [-0.25, -0.2) is 4.98 Å². The molecule has 166 valence electrons. The molecule has 9 nitrogen and oxygen atoms in total. The fraction of sp³-hybridized carbons (Fsp3) is 0.167. The van der Waals surface area contributed by atoms with Gasteiger partial charge in [0.25, 0.3) is 0 Å². The first-order valence-electron chi connectivity index (χ1n) is 10.6. The van der Waals surface area contributed by atoms with Gasteiger partial charge < -0.3 is 24.0 Å². The number of carbonyl (C=O) groups is 1. The van der Waals surface area contributed by atoms with Gasteiger partial charge in [0.2, 0.25) is 17.6 Å². The summed E-state index contributed by atoms with van der Waals surface area (Å²) in [5.74, 6) is 2.80. The number of H-pyrrole nitrogens is 1. The first kappa shape index (κ1) is 20.5. The second kappa shape index (κ2) is 8.99. The topological polar surface area (TPSA) is 119 Å². The third kappa shape index (κ3) is 4.62. The minimum Gasteiger partial charge on any atom is -0.494 e. The third-order valence-electron chi connectivity index (χ3n) is 4.98. The van der Waals surface area contributed by atoms with Gasteiger partial charge in [-0.05, 0) is 61.5 Å². The number of imidazole rings is 1. The van der Waals surface area contributed by atoms with Crippen molar-refractivity contribution in [3.63, 3.8) is 0 Å². The molecule has 0 saturated heterocycles. The lowest BCUT2D eigenvalue weighted by Gasteiger charge is -2.04. The van der Waals surface area contributed by atoms with Gasteiger partial charge in [0.05, 0.1) is 23.9 Å². The highest BCUT2D eigenvalue weighted by Crippen LogP contribution is 2.24. The number of nitrogens with one attached hydrogen (secondary N) is 2. The van der Waals surface area contributed by atoms with E-state index in [1.807, 2.05) is 55.5 Å². The maximum absolute atomic E-state index is 12.4. The molecule has 2 N–H and O–H groups in total. The number of aromatic nitrogens is 4. The fourth-order valence-electron chi connectivity index (χ4n) is 3.40. The van der Waals surface area contributed by atoms with Crippen LogP contribution in [0.2, 0.25) is 0 Å².